The molecule has 0 spiro atoms. The SMILES string of the molecule is CCCCCCCCCCCCCCCCCCNC(=O)n1ccnc1C. The highest BCUT2D eigenvalue weighted by Crippen LogP contribution is 2.13. The molecule has 0 aliphatic heterocycles. The number of unbranched alkanes of at least 4 members (excludes halogenated alkanes) is 15. The van der Waals surface area contributed by atoms with Crippen molar-refractivity contribution >= 4 is 6.03 Å². The number of hydrogen-bond donors (Lipinski definition) is 1. The first-order valence-electron chi connectivity index (χ1n) is 11.5. The smallest absolute Gasteiger partial charge is 0.326 e. The third kappa shape index (κ3) is 12.6. The second kappa shape index (κ2) is 16.8. The molecule has 1 aromatic heterocycles. The number of nitrogens with one attached hydrogen (secondary N) is 1. The van der Waals surface area contributed by atoms with Crippen LogP contribution in [-0.2, 0) is 0 Å². The van der Waals surface area contributed by atoms with Crippen molar-refractivity contribution in [3.63, 3.8) is 0 Å². The van der Waals surface area contributed by atoms with Gasteiger partial charge >= 0.3 is 6.03 Å². The summed E-state index contributed by atoms with van der Waals surface area (Å²) in [5.41, 5.74) is 0. The van der Waals surface area contributed by atoms with Gasteiger partial charge in [-0.05, 0) is 13.3 Å². The number of rotatable bonds is 17. The normalized spacial score (nSPS) is 11.0. The van der Waals surface area contributed by atoms with Gasteiger partial charge in [0.25, 0.3) is 0 Å². The van der Waals surface area contributed by atoms with E-state index in [9.17, 15) is 4.79 Å². The largest absolute Gasteiger partial charge is 0.337 e. The average Bonchev–Trinajstić information content (AvgIpc) is 3.10. The lowest BCUT2D eigenvalue weighted by Gasteiger charge is -2.07. The zero-order valence-electron chi connectivity index (χ0n) is 18.0. The first-order chi connectivity index (χ1) is 13.3. The Bertz CT molecular complexity index is 470. The summed E-state index contributed by atoms with van der Waals surface area (Å²) in [5, 5.41) is 2.96. The van der Waals surface area contributed by atoms with Crippen LogP contribution in [0.1, 0.15) is 115 Å². The van der Waals surface area contributed by atoms with Gasteiger partial charge in [-0.2, -0.15) is 0 Å². The van der Waals surface area contributed by atoms with E-state index in [1.54, 1.807) is 17.0 Å². The van der Waals surface area contributed by atoms with Crippen LogP contribution in [0.4, 0.5) is 4.79 Å². The molecule has 0 unspecified atom stereocenters. The molecule has 0 radical (unpaired) electrons. The number of aromatic nitrogens is 2. The van der Waals surface area contributed by atoms with Crippen molar-refractivity contribution in [2.24, 2.45) is 0 Å². The van der Waals surface area contributed by atoms with E-state index in [2.05, 4.69) is 17.2 Å². The van der Waals surface area contributed by atoms with Gasteiger partial charge in [-0.3, -0.25) is 4.57 Å². The zero-order chi connectivity index (χ0) is 19.6. The highest BCUT2D eigenvalue weighted by Gasteiger charge is 2.05. The van der Waals surface area contributed by atoms with Crippen LogP contribution in [0, 0.1) is 6.92 Å². The summed E-state index contributed by atoms with van der Waals surface area (Å²) in [7, 11) is 0. The predicted molar refractivity (Wildman–Crippen MR) is 115 cm³/mol. The van der Waals surface area contributed by atoms with E-state index < -0.39 is 0 Å². The number of carbonyl (C=O) groups excluding carboxylic acids is 1. The van der Waals surface area contributed by atoms with Crippen molar-refractivity contribution in [1.82, 2.24) is 14.9 Å². The van der Waals surface area contributed by atoms with Crippen LogP contribution >= 0.6 is 0 Å². The molecular formula is C23H43N3O. The Morgan fingerprint density at radius 3 is 1.67 bits per heavy atom. The molecule has 4 nitrogen and oxygen atoms in total. The monoisotopic (exact) mass is 377 g/mol. The van der Waals surface area contributed by atoms with Crippen LogP contribution < -0.4 is 5.32 Å². The third-order valence-electron chi connectivity index (χ3n) is 5.35. The fourth-order valence-corrected chi connectivity index (χ4v) is 3.55. The topological polar surface area (TPSA) is 46.9 Å². The molecule has 0 aliphatic carbocycles. The second-order valence-electron chi connectivity index (χ2n) is 7.88. The van der Waals surface area contributed by atoms with Gasteiger partial charge in [0.05, 0.1) is 0 Å². The highest BCUT2D eigenvalue weighted by molar-refractivity contribution is 5.77. The molecule has 0 bridgehead atoms. The molecule has 1 aromatic rings. The zero-order valence-corrected chi connectivity index (χ0v) is 18.0. The van der Waals surface area contributed by atoms with Gasteiger partial charge in [-0.1, -0.05) is 103 Å². The van der Waals surface area contributed by atoms with E-state index in [0.29, 0.717) is 0 Å². The van der Waals surface area contributed by atoms with Gasteiger partial charge in [0.2, 0.25) is 0 Å². The Morgan fingerprint density at radius 1 is 0.815 bits per heavy atom. The van der Waals surface area contributed by atoms with Crippen molar-refractivity contribution in [3.05, 3.63) is 18.2 Å². The van der Waals surface area contributed by atoms with E-state index in [1.807, 2.05) is 6.92 Å². The molecule has 27 heavy (non-hydrogen) atoms. The summed E-state index contributed by atoms with van der Waals surface area (Å²) in [6.45, 7) is 4.88. The fourth-order valence-electron chi connectivity index (χ4n) is 3.55. The van der Waals surface area contributed by atoms with E-state index >= 15 is 0 Å². The molecule has 156 valence electrons. The van der Waals surface area contributed by atoms with E-state index in [-0.39, 0.29) is 6.03 Å². The maximum absolute atomic E-state index is 11.9. The van der Waals surface area contributed by atoms with Gasteiger partial charge in [-0.25, -0.2) is 9.78 Å². The number of amides is 1. The fraction of sp³-hybridized carbons (Fsp3) is 0.826. The minimum absolute atomic E-state index is 0.0639. The third-order valence-corrected chi connectivity index (χ3v) is 5.35. The second-order valence-corrected chi connectivity index (χ2v) is 7.88. The van der Waals surface area contributed by atoms with Gasteiger partial charge in [-0.15, -0.1) is 0 Å². The molecule has 4 heteroatoms. The molecule has 1 heterocycles. The Labute approximate surface area is 167 Å². The molecule has 1 amide bonds. The summed E-state index contributed by atoms with van der Waals surface area (Å²) < 4.78 is 1.56. The Hall–Kier alpha value is -1.32. The lowest BCUT2D eigenvalue weighted by Crippen LogP contribution is -2.29. The van der Waals surface area contributed by atoms with E-state index in [1.165, 1.54) is 96.3 Å². The lowest BCUT2D eigenvalue weighted by atomic mass is 10.0. The number of hydrogen-bond acceptors (Lipinski definition) is 2. The molecule has 0 aromatic carbocycles. The molecule has 1 N–H and O–H groups in total. The van der Waals surface area contributed by atoms with Crippen molar-refractivity contribution in [2.75, 3.05) is 6.54 Å². The number of aryl methyl sites for hydroxylation is 1. The molecule has 0 saturated carbocycles. The standard InChI is InChI=1S/C23H43N3O/c1-3-4-5-6-7-8-9-10-11-12-13-14-15-16-17-18-19-25-23(27)26-21-20-24-22(26)2/h20-21H,3-19H2,1-2H3,(H,25,27). The van der Waals surface area contributed by atoms with Crippen molar-refractivity contribution < 1.29 is 4.79 Å². The minimum Gasteiger partial charge on any atom is -0.337 e. The lowest BCUT2D eigenvalue weighted by molar-refractivity contribution is 0.241. The highest BCUT2D eigenvalue weighted by atomic mass is 16.2. The van der Waals surface area contributed by atoms with Crippen LogP contribution in [-0.4, -0.2) is 22.1 Å². The number of carbonyl (C=O) groups is 1. The summed E-state index contributed by atoms with van der Waals surface area (Å²) in [5.74, 6) is 0.736. The maximum atomic E-state index is 11.9. The van der Waals surface area contributed by atoms with Crippen LogP contribution in [0.5, 0.6) is 0 Å². The molecular weight excluding hydrogens is 334 g/mol. The van der Waals surface area contributed by atoms with Crippen molar-refractivity contribution in [1.29, 1.82) is 0 Å². The van der Waals surface area contributed by atoms with Gasteiger partial charge < -0.3 is 5.32 Å². The average molecular weight is 378 g/mol. The molecule has 0 aliphatic rings. The number of nitrogens with zero attached hydrogens (tertiary/aromatic N) is 2. The predicted octanol–water partition coefficient (Wildman–Crippen LogP) is 7.01. The van der Waals surface area contributed by atoms with Crippen molar-refractivity contribution in [2.45, 2.75) is 117 Å². The quantitative estimate of drug-likeness (QED) is 0.297. The molecule has 0 fully saturated rings. The molecule has 0 saturated heterocycles. The van der Waals surface area contributed by atoms with E-state index in [4.69, 9.17) is 0 Å². The summed E-state index contributed by atoms with van der Waals surface area (Å²) in [6, 6.07) is -0.0639. The summed E-state index contributed by atoms with van der Waals surface area (Å²) in [4.78, 5) is 16.0. The van der Waals surface area contributed by atoms with Crippen LogP contribution in [0.25, 0.3) is 0 Å². The summed E-state index contributed by atoms with van der Waals surface area (Å²) in [6.07, 6.45) is 25.3. The van der Waals surface area contributed by atoms with Crippen molar-refractivity contribution in [3.8, 4) is 0 Å². The molecule has 0 atom stereocenters. The van der Waals surface area contributed by atoms with Gasteiger partial charge in [0, 0.05) is 18.9 Å². The van der Waals surface area contributed by atoms with E-state index in [0.717, 1.165) is 18.8 Å². The maximum Gasteiger partial charge on any atom is 0.326 e. The van der Waals surface area contributed by atoms with Crippen LogP contribution in [0.2, 0.25) is 0 Å². The Kier molecular flexibility index (Phi) is 14.8. The molecule has 1 rings (SSSR count). The van der Waals surface area contributed by atoms with Gasteiger partial charge in [0.15, 0.2) is 0 Å². The first kappa shape index (κ1) is 23.7. The van der Waals surface area contributed by atoms with Crippen LogP contribution in [0.3, 0.4) is 0 Å². The van der Waals surface area contributed by atoms with Gasteiger partial charge in [0.1, 0.15) is 5.82 Å². The Morgan fingerprint density at radius 2 is 1.26 bits per heavy atom. The Balaban J connectivity index is 1.76. The first-order valence-corrected chi connectivity index (χ1v) is 11.5. The minimum atomic E-state index is -0.0639. The van der Waals surface area contributed by atoms with Crippen LogP contribution in [0.15, 0.2) is 12.4 Å². The summed E-state index contributed by atoms with van der Waals surface area (Å²) >= 11 is 0. The number of imidazole rings is 1.